The molecule has 2 aromatic heterocycles. The van der Waals surface area contributed by atoms with Crippen LogP contribution in [0.5, 0.6) is 5.75 Å². The summed E-state index contributed by atoms with van der Waals surface area (Å²) in [7, 11) is 0. The number of phenolic OH excluding ortho intramolecular Hbond substituents is 1. The van der Waals surface area contributed by atoms with Crippen molar-refractivity contribution in [3.05, 3.63) is 85.1 Å². The molecule has 0 radical (unpaired) electrons. The van der Waals surface area contributed by atoms with Crippen LogP contribution in [0.4, 0.5) is 0 Å². The number of pyridine rings is 1. The molecule has 0 saturated heterocycles. The lowest BCUT2D eigenvalue weighted by Gasteiger charge is -2.06. The van der Waals surface area contributed by atoms with Crippen LogP contribution >= 0.6 is 0 Å². The van der Waals surface area contributed by atoms with Crippen LogP contribution in [0.2, 0.25) is 0 Å². The largest absolute Gasteiger partial charge is 0.507 e. The highest BCUT2D eigenvalue weighted by Gasteiger charge is 2.07. The summed E-state index contributed by atoms with van der Waals surface area (Å²) in [5.41, 5.74) is 5.81. The van der Waals surface area contributed by atoms with Crippen molar-refractivity contribution >= 4 is 0 Å². The van der Waals surface area contributed by atoms with E-state index in [-0.39, 0.29) is 5.75 Å². The minimum atomic E-state index is 0.287. The van der Waals surface area contributed by atoms with Gasteiger partial charge in [-0.1, -0.05) is 42.5 Å². The summed E-state index contributed by atoms with van der Waals surface area (Å²) < 4.78 is 0. The lowest BCUT2D eigenvalue weighted by molar-refractivity contribution is 0.477. The van der Waals surface area contributed by atoms with Gasteiger partial charge in [0.25, 0.3) is 0 Å². The normalized spacial score (nSPS) is 10.7. The summed E-state index contributed by atoms with van der Waals surface area (Å²) in [6.45, 7) is 0. The van der Waals surface area contributed by atoms with E-state index in [0.717, 1.165) is 33.8 Å². The van der Waals surface area contributed by atoms with Gasteiger partial charge in [-0.3, -0.25) is 4.98 Å². The quantitative estimate of drug-likeness (QED) is 0.552. The number of hydrogen-bond acceptors (Lipinski definition) is 2. The average molecular weight is 312 g/mol. The number of rotatable bonds is 3. The van der Waals surface area contributed by atoms with Crippen molar-refractivity contribution in [3.8, 4) is 39.5 Å². The third-order valence-corrected chi connectivity index (χ3v) is 4.02. The van der Waals surface area contributed by atoms with Crippen LogP contribution < -0.4 is 0 Å². The van der Waals surface area contributed by atoms with Crippen molar-refractivity contribution < 1.29 is 5.11 Å². The topological polar surface area (TPSA) is 48.9 Å². The van der Waals surface area contributed by atoms with Crippen LogP contribution in [0.3, 0.4) is 0 Å². The summed E-state index contributed by atoms with van der Waals surface area (Å²) in [4.78, 5) is 7.78. The van der Waals surface area contributed by atoms with E-state index in [0.29, 0.717) is 0 Å². The van der Waals surface area contributed by atoms with E-state index in [1.807, 2.05) is 60.7 Å². The number of nitrogens with zero attached hydrogens (tertiary/aromatic N) is 1. The Balaban J connectivity index is 1.72. The number of H-pyrrole nitrogens is 1. The predicted molar refractivity (Wildman–Crippen MR) is 96.6 cm³/mol. The van der Waals surface area contributed by atoms with E-state index in [4.69, 9.17) is 0 Å². The third-order valence-electron chi connectivity index (χ3n) is 4.02. The van der Waals surface area contributed by atoms with Crippen molar-refractivity contribution in [3.63, 3.8) is 0 Å². The van der Waals surface area contributed by atoms with Crippen LogP contribution in [-0.2, 0) is 0 Å². The Morgan fingerprint density at radius 1 is 0.708 bits per heavy atom. The minimum Gasteiger partial charge on any atom is -0.507 e. The van der Waals surface area contributed by atoms with Crippen molar-refractivity contribution in [2.75, 3.05) is 0 Å². The summed E-state index contributed by atoms with van der Waals surface area (Å²) in [6, 6.07) is 25.4. The summed E-state index contributed by atoms with van der Waals surface area (Å²) >= 11 is 0. The summed E-state index contributed by atoms with van der Waals surface area (Å²) in [5, 5.41) is 10.1. The van der Waals surface area contributed by atoms with Crippen LogP contribution in [0.15, 0.2) is 85.1 Å². The molecule has 2 N–H and O–H groups in total. The maximum absolute atomic E-state index is 10.1. The first-order valence-corrected chi connectivity index (χ1v) is 7.80. The van der Waals surface area contributed by atoms with Crippen LogP contribution in [0, 0.1) is 0 Å². The van der Waals surface area contributed by atoms with Gasteiger partial charge in [0.05, 0.1) is 11.4 Å². The fourth-order valence-corrected chi connectivity index (χ4v) is 2.81. The Labute approximate surface area is 140 Å². The molecule has 0 aliphatic carbocycles. The van der Waals surface area contributed by atoms with E-state index in [1.165, 1.54) is 0 Å². The Kier molecular flexibility index (Phi) is 3.60. The lowest BCUT2D eigenvalue weighted by atomic mass is 10.0. The molecule has 4 rings (SSSR count). The number of aromatic nitrogens is 2. The number of phenols is 1. The molecular formula is C21H16N2O. The highest BCUT2D eigenvalue weighted by Crippen LogP contribution is 2.32. The van der Waals surface area contributed by atoms with Gasteiger partial charge in [0.15, 0.2) is 0 Å². The molecule has 0 fully saturated rings. The second-order valence-electron chi connectivity index (χ2n) is 5.60. The maximum Gasteiger partial charge on any atom is 0.123 e. The number of para-hydroxylation sites is 1. The standard InChI is InChI=1S/C21H16N2O/c24-21-10-2-1-8-17(21)15-6-5-7-16(14-15)18-11-12-20(23-18)19-9-3-4-13-22-19/h1-14,23-24H. The molecule has 2 heterocycles. The first-order valence-electron chi connectivity index (χ1n) is 7.80. The van der Waals surface area contributed by atoms with E-state index >= 15 is 0 Å². The predicted octanol–water partition coefficient (Wildman–Crippen LogP) is 5.12. The molecule has 0 aliphatic heterocycles. The van der Waals surface area contributed by atoms with E-state index < -0.39 is 0 Å². The summed E-state index contributed by atoms with van der Waals surface area (Å²) in [5.74, 6) is 0.287. The SMILES string of the molecule is Oc1ccccc1-c1cccc(-c2ccc(-c3ccccn3)[nH]2)c1. The van der Waals surface area contributed by atoms with Crippen molar-refractivity contribution in [2.45, 2.75) is 0 Å². The Hall–Kier alpha value is -3.33. The zero-order valence-corrected chi connectivity index (χ0v) is 13.0. The second-order valence-corrected chi connectivity index (χ2v) is 5.60. The van der Waals surface area contributed by atoms with Crippen LogP contribution in [0.1, 0.15) is 0 Å². The van der Waals surface area contributed by atoms with Gasteiger partial charge in [0, 0.05) is 17.5 Å². The van der Waals surface area contributed by atoms with Crippen LogP contribution in [-0.4, -0.2) is 15.1 Å². The summed E-state index contributed by atoms with van der Waals surface area (Å²) in [6.07, 6.45) is 1.79. The zero-order chi connectivity index (χ0) is 16.4. The minimum absolute atomic E-state index is 0.287. The molecule has 4 aromatic rings. The first kappa shape index (κ1) is 14.3. The number of aromatic amines is 1. The Morgan fingerprint density at radius 2 is 1.50 bits per heavy atom. The smallest absolute Gasteiger partial charge is 0.123 e. The van der Waals surface area contributed by atoms with Crippen LogP contribution in [0.25, 0.3) is 33.8 Å². The van der Waals surface area contributed by atoms with Gasteiger partial charge in [-0.25, -0.2) is 0 Å². The van der Waals surface area contributed by atoms with Gasteiger partial charge in [0.1, 0.15) is 5.75 Å². The Morgan fingerprint density at radius 3 is 2.33 bits per heavy atom. The average Bonchev–Trinajstić information content (AvgIpc) is 3.13. The molecule has 0 aliphatic rings. The first-order chi connectivity index (χ1) is 11.8. The highest BCUT2D eigenvalue weighted by molar-refractivity contribution is 5.76. The fourth-order valence-electron chi connectivity index (χ4n) is 2.81. The van der Waals surface area contributed by atoms with Crippen molar-refractivity contribution in [1.29, 1.82) is 0 Å². The maximum atomic E-state index is 10.1. The van der Waals surface area contributed by atoms with Gasteiger partial charge < -0.3 is 10.1 Å². The number of hydrogen-bond donors (Lipinski definition) is 2. The second kappa shape index (κ2) is 6.05. The van der Waals surface area contributed by atoms with E-state index in [2.05, 4.69) is 22.1 Å². The Bertz CT molecular complexity index is 974. The van der Waals surface area contributed by atoms with Gasteiger partial charge in [-0.2, -0.15) is 0 Å². The zero-order valence-electron chi connectivity index (χ0n) is 13.0. The number of nitrogens with one attached hydrogen (secondary N) is 1. The van der Waals surface area contributed by atoms with Crippen molar-refractivity contribution in [1.82, 2.24) is 9.97 Å². The van der Waals surface area contributed by atoms with E-state index in [9.17, 15) is 5.11 Å². The molecule has 0 spiro atoms. The highest BCUT2D eigenvalue weighted by atomic mass is 16.3. The number of aromatic hydroxyl groups is 1. The molecular weight excluding hydrogens is 296 g/mol. The third kappa shape index (κ3) is 2.68. The fraction of sp³-hybridized carbons (Fsp3) is 0. The van der Waals surface area contributed by atoms with Gasteiger partial charge in [0.2, 0.25) is 0 Å². The molecule has 0 unspecified atom stereocenters. The molecule has 3 heteroatoms. The molecule has 24 heavy (non-hydrogen) atoms. The molecule has 116 valence electrons. The molecule has 0 atom stereocenters. The molecule has 0 saturated carbocycles. The van der Waals surface area contributed by atoms with Crippen molar-refractivity contribution in [2.24, 2.45) is 0 Å². The van der Waals surface area contributed by atoms with Gasteiger partial charge >= 0.3 is 0 Å². The van der Waals surface area contributed by atoms with Gasteiger partial charge in [-0.15, -0.1) is 0 Å². The number of benzene rings is 2. The molecule has 2 aromatic carbocycles. The molecule has 0 bridgehead atoms. The molecule has 0 amide bonds. The van der Waals surface area contributed by atoms with E-state index in [1.54, 1.807) is 12.3 Å². The lowest BCUT2D eigenvalue weighted by Crippen LogP contribution is -1.84. The monoisotopic (exact) mass is 312 g/mol. The molecule has 3 nitrogen and oxygen atoms in total. The van der Waals surface area contributed by atoms with Gasteiger partial charge in [-0.05, 0) is 47.5 Å².